The maximum Gasteiger partial charge on any atom is 0.307 e. The Morgan fingerprint density at radius 1 is 1.45 bits per heavy atom. The number of hydrogen-bond donors (Lipinski definition) is 1. The number of ether oxygens (including phenoxy) is 1. The van der Waals surface area contributed by atoms with Crippen molar-refractivity contribution in [3.63, 3.8) is 0 Å². The molecule has 20 heavy (non-hydrogen) atoms. The number of carbonyl (C=O) groups excluding carboxylic acids is 2. The van der Waals surface area contributed by atoms with Crippen LogP contribution in [0.15, 0.2) is 18.2 Å². The Bertz CT molecular complexity index is 526. The molecule has 2 rings (SSSR count). The largest absolute Gasteiger partial charge is 0.469 e. The van der Waals surface area contributed by atoms with Gasteiger partial charge in [0.1, 0.15) is 0 Å². The summed E-state index contributed by atoms with van der Waals surface area (Å²) in [5.41, 5.74) is 1.41. The fraction of sp³-hybridized carbons (Fsp3) is 0.467. The van der Waals surface area contributed by atoms with E-state index in [1.54, 1.807) is 18.2 Å². The number of methoxy groups -OCH3 is 1. The molecule has 0 saturated heterocycles. The summed E-state index contributed by atoms with van der Waals surface area (Å²) < 4.78 is 4.66. The van der Waals surface area contributed by atoms with Gasteiger partial charge in [0.25, 0.3) is 0 Å². The Balaban J connectivity index is 2.15. The van der Waals surface area contributed by atoms with E-state index in [9.17, 15) is 9.59 Å². The van der Waals surface area contributed by atoms with Crippen molar-refractivity contribution in [3.8, 4) is 0 Å². The van der Waals surface area contributed by atoms with E-state index < -0.39 is 6.04 Å². The maximum absolute atomic E-state index is 12.5. The highest BCUT2D eigenvalue weighted by Gasteiger charge is 2.30. The molecular weight excluding hydrogens is 278 g/mol. The van der Waals surface area contributed by atoms with Crippen LogP contribution in [0.2, 0.25) is 5.02 Å². The van der Waals surface area contributed by atoms with Gasteiger partial charge in [-0.2, -0.15) is 0 Å². The number of aryl methyl sites for hydroxylation is 1. The molecule has 0 radical (unpaired) electrons. The van der Waals surface area contributed by atoms with Crippen LogP contribution in [0, 0.1) is 6.92 Å². The number of hydrogen-bond acceptors (Lipinski definition) is 4. The van der Waals surface area contributed by atoms with E-state index in [1.165, 1.54) is 7.11 Å². The molecule has 1 fully saturated rings. The van der Waals surface area contributed by atoms with Crippen molar-refractivity contribution in [2.24, 2.45) is 0 Å². The minimum atomic E-state index is -0.532. The van der Waals surface area contributed by atoms with Gasteiger partial charge < -0.3 is 10.1 Å². The van der Waals surface area contributed by atoms with Crippen molar-refractivity contribution in [2.75, 3.05) is 7.11 Å². The molecule has 1 saturated carbocycles. The highest BCUT2D eigenvalue weighted by atomic mass is 35.5. The molecule has 1 aromatic rings. The Labute approximate surface area is 123 Å². The lowest BCUT2D eigenvalue weighted by molar-refractivity contribution is -0.140. The Morgan fingerprint density at radius 2 is 2.15 bits per heavy atom. The van der Waals surface area contributed by atoms with Gasteiger partial charge in [-0.3, -0.25) is 9.59 Å². The highest BCUT2D eigenvalue weighted by molar-refractivity contribution is 6.31. The van der Waals surface area contributed by atoms with Crippen molar-refractivity contribution >= 4 is 23.4 Å². The molecule has 0 aliphatic heterocycles. The zero-order chi connectivity index (χ0) is 14.7. The summed E-state index contributed by atoms with van der Waals surface area (Å²) in [4.78, 5) is 24.0. The molecule has 1 unspecified atom stereocenters. The number of benzene rings is 1. The van der Waals surface area contributed by atoms with Gasteiger partial charge in [-0.15, -0.1) is 0 Å². The summed E-state index contributed by atoms with van der Waals surface area (Å²) in [6.07, 6.45) is 2.14. The maximum atomic E-state index is 12.5. The van der Waals surface area contributed by atoms with E-state index >= 15 is 0 Å². The Morgan fingerprint density at radius 3 is 2.70 bits per heavy atom. The van der Waals surface area contributed by atoms with Gasteiger partial charge in [0.05, 0.1) is 19.6 Å². The van der Waals surface area contributed by atoms with Crippen molar-refractivity contribution in [1.29, 1.82) is 0 Å². The zero-order valence-corrected chi connectivity index (χ0v) is 12.4. The van der Waals surface area contributed by atoms with E-state index in [-0.39, 0.29) is 18.2 Å². The summed E-state index contributed by atoms with van der Waals surface area (Å²) in [6, 6.07) is 4.95. The number of carbonyl (C=O) groups is 2. The second-order valence-electron chi connectivity index (χ2n) is 5.10. The van der Waals surface area contributed by atoms with Crippen molar-refractivity contribution in [3.05, 3.63) is 34.3 Å². The quantitative estimate of drug-likeness (QED) is 0.647. The normalized spacial score (nSPS) is 15.8. The number of halogens is 1. The smallest absolute Gasteiger partial charge is 0.307 e. The standard InChI is InChI=1S/C15H18ClNO3/c1-9-7-10(3-6-12(9)16)15(19)13(8-14(18)20-2)17-11-4-5-11/h3,6-7,11,13,17H,4-5,8H2,1-2H3. The van der Waals surface area contributed by atoms with Gasteiger partial charge in [0.2, 0.25) is 0 Å². The van der Waals surface area contributed by atoms with Crippen molar-refractivity contribution in [2.45, 2.75) is 38.3 Å². The lowest BCUT2D eigenvalue weighted by Crippen LogP contribution is -2.40. The first-order chi connectivity index (χ1) is 9.51. The monoisotopic (exact) mass is 295 g/mol. The molecule has 0 bridgehead atoms. The average Bonchev–Trinajstić information content (AvgIpc) is 3.24. The third-order valence-corrected chi connectivity index (χ3v) is 3.80. The summed E-state index contributed by atoms with van der Waals surface area (Å²) in [5, 5.41) is 3.83. The summed E-state index contributed by atoms with van der Waals surface area (Å²) in [5.74, 6) is -0.482. The SMILES string of the molecule is COC(=O)CC(NC1CC1)C(=O)c1ccc(Cl)c(C)c1. The van der Waals surface area contributed by atoms with Crippen LogP contribution in [-0.4, -0.2) is 30.9 Å². The van der Waals surface area contributed by atoms with Gasteiger partial charge in [0, 0.05) is 16.6 Å². The molecular formula is C15H18ClNO3. The fourth-order valence-corrected chi connectivity index (χ4v) is 2.13. The third-order valence-electron chi connectivity index (χ3n) is 3.37. The summed E-state index contributed by atoms with van der Waals surface area (Å²) in [6.45, 7) is 1.85. The predicted octanol–water partition coefficient (Wildman–Crippen LogP) is 2.51. The topological polar surface area (TPSA) is 55.4 Å². The molecule has 1 aliphatic carbocycles. The molecule has 5 heteroatoms. The van der Waals surface area contributed by atoms with Crippen LogP contribution >= 0.6 is 11.6 Å². The van der Waals surface area contributed by atoms with Crippen LogP contribution in [0.4, 0.5) is 0 Å². The van der Waals surface area contributed by atoms with E-state index in [4.69, 9.17) is 11.6 Å². The van der Waals surface area contributed by atoms with Crippen LogP contribution in [-0.2, 0) is 9.53 Å². The Hall–Kier alpha value is -1.39. The lowest BCUT2D eigenvalue weighted by Gasteiger charge is -2.16. The molecule has 108 valence electrons. The highest BCUT2D eigenvalue weighted by Crippen LogP contribution is 2.22. The third kappa shape index (κ3) is 3.81. The molecule has 0 amide bonds. The van der Waals surface area contributed by atoms with E-state index in [0.717, 1.165) is 18.4 Å². The molecule has 4 nitrogen and oxygen atoms in total. The summed E-state index contributed by atoms with van der Waals surface area (Å²) in [7, 11) is 1.33. The first-order valence-corrected chi connectivity index (χ1v) is 7.02. The molecule has 0 aromatic heterocycles. The van der Waals surface area contributed by atoms with Gasteiger partial charge in [-0.25, -0.2) is 0 Å². The minimum absolute atomic E-state index is 0.0491. The summed E-state index contributed by atoms with van der Waals surface area (Å²) >= 11 is 5.96. The van der Waals surface area contributed by atoms with Crippen LogP contribution in [0.3, 0.4) is 0 Å². The molecule has 1 aromatic carbocycles. The second kappa shape index (κ2) is 6.37. The first kappa shape index (κ1) is 15.0. The number of nitrogens with one attached hydrogen (secondary N) is 1. The second-order valence-corrected chi connectivity index (χ2v) is 5.51. The van der Waals surface area contributed by atoms with E-state index in [2.05, 4.69) is 10.1 Å². The number of Topliss-reactive ketones (excluding diaryl/α,β-unsaturated/α-hetero) is 1. The minimum Gasteiger partial charge on any atom is -0.469 e. The molecule has 0 spiro atoms. The van der Waals surface area contributed by atoms with Gasteiger partial charge in [-0.1, -0.05) is 11.6 Å². The molecule has 1 atom stereocenters. The van der Waals surface area contributed by atoms with Crippen molar-refractivity contribution in [1.82, 2.24) is 5.32 Å². The molecule has 1 N–H and O–H groups in total. The van der Waals surface area contributed by atoms with Gasteiger partial charge in [-0.05, 0) is 43.5 Å². The van der Waals surface area contributed by atoms with Gasteiger partial charge in [0.15, 0.2) is 5.78 Å². The van der Waals surface area contributed by atoms with Crippen molar-refractivity contribution < 1.29 is 14.3 Å². The Kier molecular flexibility index (Phi) is 4.78. The lowest BCUT2D eigenvalue weighted by atomic mass is 10.00. The number of esters is 1. The van der Waals surface area contributed by atoms with E-state index in [0.29, 0.717) is 16.6 Å². The predicted molar refractivity (Wildman–Crippen MR) is 77.1 cm³/mol. The number of rotatable bonds is 6. The van der Waals surface area contributed by atoms with Crippen LogP contribution in [0.5, 0.6) is 0 Å². The van der Waals surface area contributed by atoms with E-state index in [1.807, 2.05) is 6.92 Å². The first-order valence-electron chi connectivity index (χ1n) is 6.64. The molecule has 1 aliphatic rings. The van der Waals surface area contributed by atoms with Crippen LogP contribution < -0.4 is 5.32 Å². The zero-order valence-electron chi connectivity index (χ0n) is 11.6. The average molecular weight is 296 g/mol. The molecule has 0 heterocycles. The van der Waals surface area contributed by atoms with Crippen LogP contribution in [0.25, 0.3) is 0 Å². The van der Waals surface area contributed by atoms with Crippen LogP contribution in [0.1, 0.15) is 35.2 Å². The fourth-order valence-electron chi connectivity index (χ4n) is 2.01. The van der Waals surface area contributed by atoms with Gasteiger partial charge >= 0.3 is 5.97 Å². The number of ketones is 1.